The van der Waals surface area contributed by atoms with Gasteiger partial charge in [-0.25, -0.2) is 0 Å². The molecule has 0 saturated carbocycles. The summed E-state index contributed by atoms with van der Waals surface area (Å²) in [5, 5.41) is 28.7. The highest BCUT2D eigenvalue weighted by atomic mass is 16.3. The summed E-state index contributed by atoms with van der Waals surface area (Å²) in [4.78, 5) is 0. The Morgan fingerprint density at radius 1 is 1.26 bits per heavy atom. The van der Waals surface area contributed by atoms with Crippen molar-refractivity contribution >= 4 is 0 Å². The summed E-state index contributed by atoms with van der Waals surface area (Å²) < 4.78 is 0. The third-order valence-electron chi connectivity index (χ3n) is 3.69. The van der Waals surface area contributed by atoms with Gasteiger partial charge in [0.1, 0.15) is 0 Å². The molecule has 0 aliphatic rings. The highest BCUT2D eigenvalue weighted by Gasteiger charge is 2.19. The zero-order chi connectivity index (χ0) is 14.9. The van der Waals surface area contributed by atoms with Crippen molar-refractivity contribution in [2.45, 2.75) is 71.5 Å². The summed E-state index contributed by atoms with van der Waals surface area (Å²) in [7, 11) is 0. The van der Waals surface area contributed by atoms with Gasteiger partial charge in [-0.3, -0.25) is 0 Å². The van der Waals surface area contributed by atoms with Crippen molar-refractivity contribution in [2.75, 3.05) is 6.61 Å². The monoisotopic (exact) mass is 270 g/mol. The lowest BCUT2D eigenvalue weighted by atomic mass is 9.93. The number of aliphatic hydroxyl groups excluding tert-OH is 2. The lowest BCUT2D eigenvalue weighted by Gasteiger charge is -2.23. The van der Waals surface area contributed by atoms with E-state index in [-0.39, 0.29) is 6.61 Å². The topological polar surface area (TPSA) is 60.7 Å². The highest BCUT2D eigenvalue weighted by molar-refractivity contribution is 5.07. The van der Waals surface area contributed by atoms with Crippen LogP contribution in [0.3, 0.4) is 0 Å². The van der Waals surface area contributed by atoms with Crippen molar-refractivity contribution in [2.24, 2.45) is 0 Å². The third kappa shape index (κ3) is 8.98. The van der Waals surface area contributed by atoms with Crippen molar-refractivity contribution in [1.82, 2.24) is 0 Å². The van der Waals surface area contributed by atoms with Crippen LogP contribution in [-0.4, -0.2) is 33.6 Å². The van der Waals surface area contributed by atoms with Crippen LogP contribution in [0.25, 0.3) is 0 Å². The fourth-order valence-electron chi connectivity index (χ4n) is 1.77. The van der Waals surface area contributed by atoms with Gasteiger partial charge in [-0.1, -0.05) is 24.6 Å². The standard InChI is InChI=1S/C16H30O3/c1-5-16(4,19)11-9-15(18)14(3)8-6-7-13(2)10-12-17/h8,10,15,17-19H,5-7,9,11-12H2,1-4H3/b13-10-,14-8+. The average molecular weight is 270 g/mol. The predicted octanol–water partition coefficient (Wildman–Crippen LogP) is 2.95. The van der Waals surface area contributed by atoms with E-state index in [4.69, 9.17) is 5.11 Å². The molecule has 0 aromatic rings. The fourth-order valence-corrected chi connectivity index (χ4v) is 1.77. The maximum atomic E-state index is 10.0. The minimum atomic E-state index is -0.679. The van der Waals surface area contributed by atoms with Gasteiger partial charge in [0.15, 0.2) is 0 Å². The van der Waals surface area contributed by atoms with Gasteiger partial charge in [0.05, 0.1) is 18.3 Å². The van der Waals surface area contributed by atoms with Crippen molar-refractivity contribution < 1.29 is 15.3 Å². The third-order valence-corrected chi connectivity index (χ3v) is 3.69. The normalized spacial score (nSPS) is 18.3. The summed E-state index contributed by atoms with van der Waals surface area (Å²) in [5.74, 6) is 0. The molecule has 0 spiro atoms. The Morgan fingerprint density at radius 3 is 2.42 bits per heavy atom. The second-order valence-corrected chi connectivity index (χ2v) is 5.62. The molecule has 112 valence electrons. The molecular formula is C16H30O3. The minimum Gasteiger partial charge on any atom is -0.392 e. The van der Waals surface area contributed by atoms with Crippen LogP contribution in [-0.2, 0) is 0 Å². The maximum absolute atomic E-state index is 10.0. The molecule has 3 heteroatoms. The molecule has 2 unspecified atom stereocenters. The quantitative estimate of drug-likeness (QED) is 0.565. The van der Waals surface area contributed by atoms with Gasteiger partial charge in [0.2, 0.25) is 0 Å². The molecule has 3 nitrogen and oxygen atoms in total. The first-order chi connectivity index (χ1) is 8.82. The van der Waals surface area contributed by atoms with Crippen LogP contribution >= 0.6 is 0 Å². The minimum absolute atomic E-state index is 0.0866. The van der Waals surface area contributed by atoms with Crippen molar-refractivity contribution in [1.29, 1.82) is 0 Å². The Hall–Kier alpha value is -0.640. The highest BCUT2D eigenvalue weighted by Crippen LogP contribution is 2.20. The molecule has 0 aliphatic heterocycles. The molecule has 0 heterocycles. The van der Waals surface area contributed by atoms with E-state index < -0.39 is 11.7 Å². The van der Waals surface area contributed by atoms with Crippen molar-refractivity contribution in [3.05, 3.63) is 23.3 Å². The first-order valence-electron chi connectivity index (χ1n) is 7.16. The van der Waals surface area contributed by atoms with E-state index in [1.165, 1.54) is 0 Å². The SMILES string of the molecule is CCC(C)(O)CCC(O)/C(C)=C/CC/C(C)=C\CO. The van der Waals surface area contributed by atoms with Crippen LogP contribution in [0, 0.1) is 0 Å². The lowest BCUT2D eigenvalue weighted by molar-refractivity contribution is 0.0331. The van der Waals surface area contributed by atoms with Crippen molar-refractivity contribution in [3.63, 3.8) is 0 Å². The molecule has 0 fully saturated rings. The summed E-state index contributed by atoms with van der Waals surface area (Å²) in [6, 6.07) is 0. The zero-order valence-corrected chi connectivity index (χ0v) is 12.8. The van der Waals surface area contributed by atoms with Gasteiger partial charge in [0, 0.05) is 0 Å². The maximum Gasteiger partial charge on any atom is 0.0748 e. The predicted molar refractivity (Wildman–Crippen MR) is 80.0 cm³/mol. The number of hydrogen-bond acceptors (Lipinski definition) is 3. The van der Waals surface area contributed by atoms with E-state index in [0.29, 0.717) is 19.3 Å². The van der Waals surface area contributed by atoms with Gasteiger partial charge >= 0.3 is 0 Å². The molecule has 0 amide bonds. The van der Waals surface area contributed by atoms with E-state index >= 15 is 0 Å². The van der Waals surface area contributed by atoms with E-state index in [2.05, 4.69) is 0 Å². The Labute approximate surface area is 117 Å². The lowest BCUT2D eigenvalue weighted by Crippen LogP contribution is -2.25. The summed E-state index contributed by atoms with van der Waals surface area (Å²) in [6.45, 7) is 7.76. The van der Waals surface area contributed by atoms with Crippen molar-refractivity contribution in [3.8, 4) is 0 Å². The van der Waals surface area contributed by atoms with Gasteiger partial charge in [-0.15, -0.1) is 0 Å². The molecule has 0 aliphatic carbocycles. The molecular weight excluding hydrogens is 240 g/mol. The first kappa shape index (κ1) is 18.4. The molecule has 2 atom stereocenters. The molecule has 0 aromatic carbocycles. The van der Waals surface area contributed by atoms with Gasteiger partial charge in [0.25, 0.3) is 0 Å². The molecule has 3 N–H and O–H groups in total. The smallest absolute Gasteiger partial charge is 0.0748 e. The first-order valence-corrected chi connectivity index (χ1v) is 7.16. The Kier molecular flexibility index (Phi) is 8.98. The largest absolute Gasteiger partial charge is 0.392 e. The van der Waals surface area contributed by atoms with Crippen LogP contribution in [0.5, 0.6) is 0 Å². The van der Waals surface area contributed by atoms with Crippen LogP contribution in [0.1, 0.15) is 59.8 Å². The second-order valence-electron chi connectivity index (χ2n) is 5.62. The molecule has 0 saturated heterocycles. The number of hydrogen-bond donors (Lipinski definition) is 3. The Morgan fingerprint density at radius 2 is 1.89 bits per heavy atom. The van der Waals surface area contributed by atoms with E-state index in [1.54, 1.807) is 6.08 Å². The van der Waals surface area contributed by atoms with Crippen LogP contribution in [0.15, 0.2) is 23.3 Å². The number of rotatable bonds is 9. The van der Waals surface area contributed by atoms with Crippen LogP contribution in [0.2, 0.25) is 0 Å². The molecule has 19 heavy (non-hydrogen) atoms. The Bertz CT molecular complexity index is 303. The average Bonchev–Trinajstić information content (AvgIpc) is 2.36. The molecule has 0 radical (unpaired) electrons. The second kappa shape index (κ2) is 9.29. The van der Waals surface area contributed by atoms with E-state index in [0.717, 1.165) is 24.0 Å². The van der Waals surface area contributed by atoms with E-state index in [1.807, 2.05) is 33.8 Å². The number of aliphatic hydroxyl groups is 3. The summed E-state index contributed by atoms with van der Waals surface area (Å²) in [6.07, 6.45) is 7.05. The Balaban J connectivity index is 4.11. The van der Waals surface area contributed by atoms with Gasteiger partial charge < -0.3 is 15.3 Å². The molecule has 0 rings (SSSR count). The van der Waals surface area contributed by atoms with Gasteiger partial charge in [-0.05, 0) is 58.4 Å². The molecule has 0 bridgehead atoms. The van der Waals surface area contributed by atoms with Gasteiger partial charge in [-0.2, -0.15) is 0 Å². The fraction of sp³-hybridized carbons (Fsp3) is 0.750. The van der Waals surface area contributed by atoms with Crippen LogP contribution in [0.4, 0.5) is 0 Å². The molecule has 0 aromatic heterocycles. The van der Waals surface area contributed by atoms with Crippen LogP contribution < -0.4 is 0 Å². The summed E-state index contributed by atoms with van der Waals surface area (Å²) >= 11 is 0. The zero-order valence-electron chi connectivity index (χ0n) is 12.8. The summed E-state index contributed by atoms with van der Waals surface area (Å²) in [5.41, 5.74) is 1.44. The number of allylic oxidation sites excluding steroid dienone is 2. The van der Waals surface area contributed by atoms with E-state index in [9.17, 15) is 10.2 Å².